The molecule has 1 aromatic carbocycles. The van der Waals surface area contributed by atoms with Crippen molar-refractivity contribution in [1.82, 2.24) is 9.80 Å². The van der Waals surface area contributed by atoms with Gasteiger partial charge in [-0.1, -0.05) is 0 Å². The molecule has 128 valence electrons. The Hall–Kier alpha value is -1.83. The number of carbonyl (C=O) groups is 1. The van der Waals surface area contributed by atoms with Gasteiger partial charge in [0.05, 0.1) is 6.54 Å². The number of alkyl halides is 3. The Labute approximate surface area is 131 Å². The first kappa shape index (κ1) is 17.5. The number of rotatable bonds is 4. The third-order valence-electron chi connectivity index (χ3n) is 3.89. The van der Waals surface area contributed by atoms with Gasteiger partial charge in [0.2, 0.25) is 0 Å². The Bertz CT molecular complexity index is 577. The molecule has 1 heterocycles. The summed E-state index contributed by atoms with van der Waals surface area (Å²) in [6.45, 7) is 1.44. The largest absolute Gasteiger partial charge is 0.505 e. The molecule has 0 radical (unpaired) electrons. The van der Waals surface area contributed by atoms with E-state index in [1.807, 2.05) is 0 Å². The van der Waals surface area contributed by atoms with Crippen LogP contribution in [0.2, 0.25) is 0 Å². The number of hydrogen-bond acceptors (Lipinski definition) is 3. The maximum Gasteiger partial charge on any atom is 0.401 e. The molecule has 1 aliphatic rings. The molecule has 2 rings (SSSR count). The Morgan fingerprint density at radius 3 is 2.70 bits per heavy atom. The van der Waals surface area contributed by atoms with Crippen molar-refractivity contribution in [2.75, 3.05) is 26.2 Å². The van der Waals surface area contributed by atoms with Gasteiger partial charge in [0.15, 0.2) is 11.6 Å². The molecule has 0 saturated carbocycles. The predicted molar refractivity (Wildman–Crippen MR) is 75.7 cm³/mol. The Kier molecular flexibility index (Phi) is 5.13. The summed E-state index contributed by atoms with van der Waals surface area (Å²) < 4.78 is 50.7. The van der Waals surface area contributed by atoms with Gasteiger partial charge in [-0.25, -0.2) is 4.39 Å². The summed E-state index contributed by atoms with van der Waals surface area (Å²) in [6, 6.07) is 2.97. The Morgan fingerprint density at radius 2 is 2.13 bits per heavy atom. The quantitative estimate of drug-likeness (QED) is 0.861. The molecule has 0 aliphatic carbocycles. The smallest absolute Gasteiger partial charge is 0.401 e. The number of phenols is 1. The molecule has 1 aromatic rings. The van der Waals surface area contributed by atoms with Crippen LogP contribution in [-0.4, -0.2) is 59.2 Å². The number of phenolic OH excluding ortho intramolecular Hbond substituents is 1. The minimum atomic E-state index is -4.27. The fourth-order valence-electron chi connectivity index (χ4n) is 2.84. The van der Waals surface area contributed by atoms with Crippen LogP contribution in [0.25, 0.3) is 0 Å². The molecule has 1 unspecified atom stereocenters. The van der Waals surface area contributed by atoms with Crippen LogP contribution in [0.1, 0.15) is 23.7 Å². The third-order valence-corrected chi connectivity index (χ3v) is 3.89. The lowest BCUT2D eigenvalue weighted by molar-refractivity contribution is -0.143. The molecular weight excluding hydrogens is 316 g/mol. The van der Waals surface area contributed by atoms with Gasteiger partial charge in [0.1, 0.15) is 0 Å². The number of benzene rings is 1. The number of amides is 1. The highest BCUT2D eigenvalue weighted by atomic mass is 19.4. The van der Waals surface area contributed by atoms with E-state index >= 15 is 0 Å². The van der Waals surface area contributed by atoms with E-state index in [0.717, 1.165) is 12.1 Å². The molecular formula is C15H18F4N2O2. The van der Waals surface area contributed by atoms with Crippen LogP contribution in [0.4, 0.5) is 17.6 Å². The van der Waals surface area contributed by atoms with E-state index < -0.39 is 30.2 Å². The van der Waals surface area contributed by atoms with E-state index in [9.17, 15) is 22.4 Å². The SMILES string of the molecule is CCN(C(=O)c1ccc(O)c(F)c1)C1CCN(CC(F)(F)F)C1. The summed E-state index contributed by atoms with van der Waals surface area (Å²) in [7, 11) is 0. The number of hydrogen-bond donors (Lipinski definition) is 1. The minimum absolute atomic E-state index is 0.0661. The van der Waals surface area contributed by atoms with Crippen molar-refractivity contribution in [1.29, 1.82) is 0 Å². The molecule has 0 bridgehead atoms. The second-order valence-electron chi connectivity index (χ2n) is 5.55. The highest BCUT2D eigenvalue weighted by Gasteiger charge is 2.37. The van der Waals surface area contributed by atoms with Crippen molar-refractivity contribution < 1.29 is 27.5 Å². The zero-order chi connectivity index (χ0) is 17.2. The lowest BCUT2D eigenvalue weighted by Crippen LogP contribution is -2.43. The van der Waals surface area contributed by atoms with Crippen LogP contribution in [0.5, 0.6) is 5.75 Å². The molecule has 1 N–H and O–H groups in total. The molecule has 8 heteroatoms. The molecule has 4 nitrogen and oxygen atoms in total. The number of halogens is 4. The number of aromatic hydroxyl groups is 1. The van der Waals surface area contributed by atoms with Crippen molar-refractivity contribution in [3.05, 3.63) is 29.6 Å². The van der Waals surface area contributed by atoms with Gasteiger partial charge in [-0.2, -0.15) is 13.2 Å². The predicted octanol–water partition coefficient (Wildman–Crippen LogP) is 2.63. The number of carbonyl (C=O) groups excluding carboxylic acids is 1. The van der Waals surface area contributed by atoms with Gasteiger partial charge >= 0.3 is 6.18 Å². The van der Waals surface area contributed by atoms with Crippen LogP contribution in [-0.2, 0) is 0 Å². The molecule has 23 heavy (non-hydrogen) atoms. The average Bonchev–Trinajstić information content (AvgIpc) is 2.88. The standard InChI is InChI=1S/C15H18F4N2O2/c1-2-21(11-5-6-20(8-11)9-15(17,18)19)14(23)10-3-4-13(22)12(16)7-10/h3-4,7,11,22H,2,5-6,8-9H2,1H3. The average molecular weight is 334 g/mol. The zero-order valence-corrected chi connectivity index (χ0v) is 12.6. The van der Waals surface area contributed by atoms with Crippen LogP contribution in [0.15, 0.2) is 18.2 Å². The maximum atomic E-state index is 13.4. The fourth-order valence-corrected chi connectivity index (χ4v) is 2.84. The van der Waals surface area contributed by atoms with Crippen molar-refractivity contribution in [2.45, 2.75) is 25.6 Å². The number of nitrogens with zero attached hydrogens (tertiary/aromatic N) is 2. The van der Waals surface area contributed by atoms with Gasteiger partial charge in [0, 0.05) is 31.2 Å². The minimum Gasteiger partial charge on any atom is -0.505 e. The number of likely N-dealkylation sites (N-methyl/N-ethyl adjacent to an activating group) is 1. The first-order valence-electron chi connectivity index (χ1n) is 7.30. The molecule has 1 fully saturated rings. The summed E-state index contributed by atoms with van der Waals surface area (Å²) in [4.78, 5) is 15.2. The summed E-state index contributed by atoms with van der Waals surface area (Å²) in [6.07, 6.45) is -3.83. The van der Waals surface area contributed by atoms with Crippen LogP contribution < -0.4 is 0 Å². The van der Waals surface area contributed by atoms with Gasteiger partial charge in [0.25, 0.3) is 5.91 Å². The van der Waals surface area contributed by atoms with E-state index in [-0.39, 0.29) is 24.7 Å². The van der Waals surface area contributed by atoms with E-state index in [1.54, 1.807) is 6.92 Å². The van der Waals surface area contributed by atoms with Gasteiger partial charge < -0.3 is 10.0 Å². The maximum absolute atomic E-state index is 13.4. The van der Waals surface area contributed by atoms with Crippen LogP contribution in [0.3, 0.4) is 0 Å². The highest BCUT2D eigenvalue weighted by Crippen LogP contribution is 2.24. The van der Waals surface area contributed by atoms with Gasteiger partial charge in [-0.3, -0.25) is 9.69 Å². The van der Waals surface area contributed by atoms with Gasteiger partial charge in [-0.15, -0.1) is 0 Å². The summed E-state index contributed by atoms with van der Waals surface area (Å²) in [5.41, 5.74) is 0.0661. The topological polar surface area (TPSA) is 43.8 Å². The van der Waals surface area contributed by atoms with Crippen LogP contribution in [0, 0.1) is 5.82 Å². The highest BCUT2D eigenvalue weighted by molar-refractivity contribution is 5.94. The van der Waals surface area contributed by atoms with E-state index in [0.29, 0.717) is 13.0 Å². The van der Waals surface area contributed by atoms with Crippen molar-refractivity contribution in [3.63, 3.8) is 0 Å². The van der Waals surface area contributed by atoms with E-state index in [2.05, 4.69) is 0 Å². The van der Waals surface area contributed by atoms with Crippen molar-refractivity contribution in [3.8, 4) is 5.75 Å². The molecule has 1 atom stereocenters. The molecule has 1 saturated heterocycles. The molecule has 0 spiro atoms. The summed E-state index contributed by atoms with van der Waals surface area (Å²) in [5, 5.41) is 9.16. The zero-order valence-electron chi connectivity index (χ0n) is 12.6. The van der Waals surface area contributed by atoms with Crippen molar-refractivity contribution >= 4 is 5.91 Å². The monoisotopic (exact) mass is 334 g/mol. The summed E-state index contributed by atoms with van der Waals surface area (Å²) in [5.74, 6) is -1.91. The van der Waals surface area contributed by atoms with Crippen molar-refractivity contribution in [2.24, 2.45) is 0 Å². The van der Waals surface area contributed by atoms with E-state index in [1.165, 1.54) is 15.9 Å². The third kappa shape index (κ3) is 4.34. The second kappa shape index (κ2) is 6.74. The lowest BCUT2D eigenvalue weighted by atomic mass is 10.1. The fraction of sp³-hybridized carbons (Fsp3) is 0.533. The Balaban J connectivity index is 2.07. The Morgan fingerprint density at radius 1 is 1.43 bits per heavy atom. The van der Waals surface area contributed by atoms with Crippen LogP contribution >= 0.6 is 0 Å². The first-order valence-corrected chi connectivity index (χ1v) is 7.30. The number of likely N-dealkylation sites (tertiary alicyclic amines) is 1. The normalized spacial score (nSPS) is 19.1. The molecule has 0 aromatic heterocycles. The molecule has 1 aliphatic heterocycles. The summed E-state index contributed by atoms with van der Waals surface area (Å²) >= 11 is 0. The van der Waals surface area contributed by atoms with E-state index in [4.69, 9.17) is 5.11 Å². The second-order valence-corrected chi connectivity index (χ2v) is 5.55. The lowest BCUT2D eigenvalue weighted by Gasteiger charge is -2.28. The molecule has 1 amide bonds. The first-order chi connectivity index (χ1) is 10.7. The van der Waals surface area contributed by atoms with Gasteiger partial charge in [-0.05, 0) is 31.5 Å².